The standard InChI is InChI=1S/C24H40N2O4/c1-21(2)15-11-16-22(3,4)25(21)29-19(27)13-9-10-14-20(28)30-26-23(5,6)17-12-18-24(26,7)8/h9-10,13-14H,11-12,15-18H2,1-8H3/b13-9-,14-10+. The maximum atomic E-state index is 12.3. The van der Waals surface area contributed by atoms with Gasteiger partial charge in [0.05, 0.1) is 22.2 Å². The Morgan fingerprint density at radius 3 is 1.13 bits per heavy atom. The molecule has 0 amide bonds. The van der Waals surface area contributed by atoms with Crippen molar-refractivity contribution >= 4 is 11.9 Å². The summed E-state index contributed by atoms with van der Waals surface area (Å²) in [7, 11) is 0. The monoisotopic (exact) mass is 420 g/mol. The quantitative estimate of drug-likeness (QED) is 0.455. The second-order valence-corrected chi connectivity index (χ2v) is 11.1. The lowest BCUT2D eigenvalue weighted by molar-refractivity contribution is -0.261. The molecular formula is C24H40N2O4. The fourth-order valence-corrected chi connectivity index (χ4v) is 4.96. The summed E-state index contributed by atoms with van der Waals surface area (Å²) >= 11 is 0. The van der Waals surface area contributed by atoms with Crippen molar-refractivity contribution in [3.05, 3.63) is 24.3 Å². The number of carbonyl (C=O) groups excluding carboxylic acids is 2. The average molecular weight is 421 g/mol. The van der Waals surface area contributed by atoms with Crippen LogP contribution in [0.3, 0.4) is 0 Å². The van der Waals surface area contributed by atoms with Crippen LogP contribution in [0.15, 0.2) is 24.3 Å². The topological polar surface area (TPSA) is 59.1 Å². The molecule has 0 aromatic rings. The third-order valence-corrected chi connectivity index (χ3v) is 6.29. The number of hydroxylamine groups is 4. The third-order valence-electron chi connectivity index (χ3n) is 6.29. The van der Waals surface area contributed by atoms with E-state index in [1.165, 1.54) is 24.3 Å². The molecule has 0 atom stereocenters. The van der Waals surface area contributed by atoms with E-state index >= 15 is 0 Å². The maximum Gasteiger partial charge on any atom is 0.349 e. The molecule has 30 heavy (non-hydrogen) atoms. The summed E-state index contributed by atoms with van der Waals surface area (Å²) in [6, 6.07) is 0. The zero-order valence-electron chi connectivity index (χ0n) is 20.1. The Kier molecular flexibility index (Phi) is 7.25. The van der Waals surface area contributed by atoms with Crippen molar-refractivity contribution in [1.29, 1.82) is 0 Å². The number of hydrogen-bond donors (Lipinski definition) is 0. The molecule has 0 N–H and O–H groups in total. The van der Waals surface area contributed by atoms with Gasteiger partial charge in [0.25, 0.3) is 0 Å². The molecule has 0 aliphatic carbocycles. The first-order valence-electron chi connectivity index (χ1n) is 11.1. The van der Waals surface area contributed by atoms with Gasteiger partial charge in [0, 0.05) is 12.2 Å². The minimum atomic E-state index is -0.450. The van der Waals surface area contributed by atoms with Crippen LogP contribution >= 0.6 is 0 Å². The Morgan fingerprint density at radius 2 is 0.867 bits per heavy atom. The van der Waals surface area contributed by atoms with Gasteiger partial charge in [0.1, 0.15) is 0 Å². The number of nitrogens with zero attached hydrogens (tertiary/aromatic N) is 2. The number of rotatable bonds is 5. The lowest BCUT2D eigenvalue weighted by atomic mass is 9.82. The summed E-state index contributed by atoms with van der Waals surface area (Å²) < 4.78 is 0. The van der Waals surface area contributed by atoms with Crippen LogP contribution < -0.4 is 0 Å². The van der Waals surface area contributed by atoms with Crippen LogP contribution in [0.1, 0.15) is 93.9 Å². The third kappa shape index (κ3) is 5.94. The fourth-order valence-electron chi connectivity index (χ4n) is 4.96. The van der Waals surface area contributed by atoms with Crippen LogP contribution in [0.25, 0.3) is 0 Å². The molecule has 0 spiro atoms. The Hall–Kier alpha value is -1.66. The van der Waals surface area contributed by atoms with Crippen molar-refractivity contribution in [2.24, 2.45) is 0 Å². The highest BCUT2D eigenvalue weighted by atomic mass is 16.7. The SMILES string of the molecule is CC1(C)CCCC(C)(C)N1OC(=O)/C=C\C=C\C(=O)ON1C(C)(C)CCCC1(C)C. The van der Waals surface area contributed by atoms with Gasteiger partial charge in [-0.15, -0.1) is 10.1 Å². The highest BCUT2D eigenvalue weighted by Gasteiger charge is 2.45. The van der Waals surface area contributed by atoms with E-state index in [0.717, 1.165) is 38.5 Å². The first-order chi connectivity index (χ1) is 13.7. The smallest absolute Gasteiger partial charge is 0.349 e. The predicted molar refractivity (Wildman–Crippen MR) is 118 cm³/mol. The summed E-state index contributed by atoms with van der Waals surface area (Å²) in [5.74, 6) is -0.899. The van der Waals surface area contributed by atoms with Gasteiger partial charge in [-0.3, -0.25) is 0 Å². The van der Waals surface area contributed by atoms with Gasteiger partial charge >= 0.3 is 11.9 Å². The van der Waals surface area contributed by atoms with Crippen molar-refractivity contribution in [1.82, 2.24) is 10.1 Å². The van der Waals surface area contributed by atoms with Gasteiger partial charge in [0.2, 0.25) is 0 Å². The normalized spacial score (nSPS) is 26.0. The van der Waals surface area contributed by atoms with Gasteiger partial charge in [-0.25, -0.2) is 9.59 Å². The number of carbonyl (C=O) groups is 2. The van der Waals surface area contributed by atoms with E-state index in [1.54, 1.807) is 0 Å². The molecule has 2 aliphatic heterocycles. The van der Waals surface area contributed by atoms with Crippen molar-refractivity contribution in [3.63, 3.8) is 0 Å². The minimum absolute atomic E-state index is 0.209. The molecule has 2 heterocycles. The van der Waals surface area contributed by atoms with Crippen molar-refractivity contribution in [3.8, 4) is 0 Å². The Bertz CT molecular complexity index is 612. The summed E-state index contributed by atoms with van der Waals surface area (Å²) in [5.41, 5.74) is -0.838. The largest absolute Gasteiger partial charge is 0.363 e. The molecule has 6 nitrogen and oxygen atoms in total. The summed E-state index contributed by atoms with van der Waals surface area (Å²) in [5, 5.41) is 3.63. The zero-order chi connectivity index (χ0) is 22.8. The predicted octanol–water partition coefficient (Wildman–Crippen LogP) is 5.10. The molecule has 0 aromatic heterocycles. The first-order valence-corrected chi connectivity index (χ1v) is 11.1. The lowest BCUT2D eigenvalue weighted by Crippen LogP contribution is -2.58. The van der Waals surface area contributed by atoms with Crippen LogP contribution in [-0.4, -0.2) is 44.2 Å². The van der Waals surface area contributed by atoms with Gasteiger partial charge in [-0.05, 0) is 93.9 Å². The maximum absolute atomic E-state index is 12.3. The zero-order valence-corrected chi connectivity index (χ0v) is 20.1. The van der Waals surface area contributed by atoms with Crippen molar-refractivity contribution in [2.75, 3.05) is 0 Å². The number of hydrogen-bond acceptors (Lipinski definition) is 6. The Morgan fingerprint density at radius 1 is 0.600 bits per heavy atom. The van der Waals surface area contributed by atoms with Crippen molar-refractivity contribution in [2.45, 2.75) is 116 Å². The molecule has 0 radical (unpaired) electrons. The van der Waals surface area contributed by atoms with E-state index < -0.39 is 11.9 Å². The lowest BCUT2D eigenvalue weighted by Gasteiger charge is -2.50. The van der Waals surface area contributed by atoms with E-state index in [2.05, 4.69) is 55.4 Å². The van der Waals surface area contributed by atoms with E-state index in [1.807, 2.05) is 10.1 Å². The van der Waals surface area contributed by atoms with Gasteiger partial charge < -0.3 is 9.68 Å². The highest BCUT2D eigenvalue weighted by Crippen LogP contribution is 2.39. The molecule has 170 valence electrons. The van der Waals surface area contributed by atoms with Gasteiger partial charge in [-0.1, -0.05) is 12.2 Å². The Labute approximate surface area is 182 Å². The second kappa shape index (κ2) is 8.83. The molecule has 2 aliphatic rings. The van der Waals surface area contributed by atoms with E-state index in [-0.39, 0.29) is 22.2 Å². The van der Waals surface area contributed by atoms with Crippen molar-refractivity contribution < 1.29 is 19.3 Å². The van der Waals surface area contributed by atoms with E-state index in [4.69, 9.17) is 9.68 Å². The summed E-state index contributed by atoms with van der Waals surface area (Å²) in [4.78, 5) is 35.9. The molecule has 6 heteroatoms. The van der Waals surface area contributed by atoms with E-state index in [9.17, 15) is 9.59 Å². The van der Waals surface area contributed by atoms with Gasteiger partial charge in [-0.2, -0.15) is 0 Å². The average Bonchev–Trinajstić information content (AvgIpc) is 2.58. The minimum Gasteiger partial charge on any atom is -0.363 e. The second-order valence-electron chi connectivity index (χ2n) is 11.1. The first kappa shape index (κ1) is 24.6. The van der Waals surface area contributed by atoms with E-state index in [0.29, 0.717) is 0 Å². The van der Waals surface area contributed by atoms with Gasteiger partial charge in [0.15, 0.2) is 0 Å². The highest BCUT2D eigenvalue weighted by molar-refractivity contribution is 5.84. The number of piperidine rings is 2. The van der Waals surface area contributed by atoms with Crippen LogP contribution in [0.4, 0.5) is 0 Å². The molecule has 2 saturated heterocycles. The van der Waals surface area contributed by atoms with Crippen LogP contribution in [0.5, 0.6) is 0 Å². The number of allylic oxidation sites excluding steroid dienone is 2. The molecule has 2 rings (SSSR count). The summed E-state index contributed by atoms with van der Waals surface area (Å²) in [6.45, 7) is 16.7. The van der Waals surface area contributed by atoms with Crippen LogP contribution in [0, 0.1) is 0 Å². The molecule has 2 fully saturated rings. The molecule has 0 unspecified atom stereocenters. The summed E-state index contributed by atoms with van der Waals surface area (Å²) in [6.07, 6.45) is 11.8. The molecular weight excluding hydrogens is 380 g/mol. The van der Waals surface area contributed by atoms with Crippen LogP contribution in [0.2, 0.25) is 0 Å². The molecule has 0 saturated carbocycles. The molecule has 0 aromatic carbocycles. The Balaban J connectivity index is 1.92. The fraction of sp³-hybridized carbons (Fsp3) is 0.750. The molecule has 0 bridgehead atoms. The van der Waals surface area contributed by atoms with Crippen LogP contribution in [-0.2, 0) is 19.3 Å².